The maximum atomic E-state index is 4.56. The van der Waals surface area contributed by atoms with Crippen LogP contribution < -0.4 is 0 Å². The van der Waals surface area contributed by atoms with Crippen LogP contribution in [0.5, 0.6) is 0 Å². The molecular weight excluding hydrogens is 292 g/mol. The molecule has 0 aromatic heterocycles. The van der Waals surface area contributed by atoms with E-state index in [4.69, 9.17) is 0 Å². The molecule has 1 aliphatic heterocycles. The smallest absolute Gasteiger partial charge is 0.0987 e. The molecule has 0 spiro atoms. The van der Waals surface area contributed by atoms with Crippen LogP contribution in [-0.2, 0) is 0 Å². The number of unbranched alkanes of at least 4 members (excludes halogenated alkanes) is 12. The van der Waals surface area contributed by atoms with E-state index in [9.17, 15) is 0 Å². The van der Waals surface area contributed by atoms with Crippen LogP contribution in [0.1, 0.15) is 103 Å². The number of aliphatic imine (C=N–C) groups is 1. The van der Waals surface area contributed by atoms with Gasteiger partial charge in [-0.15, -0.1) is 0 Å². The lowest BCUT2D eigenvalue weighted by Gasteiger charge is -2.13. The number of allylic oxidation sites excluding steroid dienone is 2. The molecule has 1 aliphatic rings. The molecule has 2 nitrogen and oxygen atoms in total. The highest BCUT2D eigenvalue weighted by Gasteiger charge is 2.10. The van der Waals surface area contributed by atoms with Crippen LogP contribution in [0, 0.1) is 0 Å². The fraction of sp³-hybridized carbons (Fsp3) is 0.864. The van der Waals surface area contributed by atoms with Gasteiger partial charge in [0, 0.05) is 20.0 Å². The van der Waals surface area contributed by atoms with Crippen molar-refractivity contribution >= 4 is 5.84 Å². The summed E-state index contributed by atoms with van der Waals surface area (Å²) in [6, 6.07) is 0. The third-order valence-corrected chi connectivity index (χ3v) is 5.08. The first kappa shape index (κ1) is 21.3. The van der Waals surface area contributed by atoms with E-state index in [2.05, 4.69) is 36.0 Å². The molecule has 0 fully saturated rings. The molecule has 1 heterocycles. The third kappa shape index (κ3) is 11.7. The number of hydrogen-bond acceptors (Lipinski definition) is 2. The number of hydrogen-bond donors (Lipinski definition) is 0. The number of likely N-dealkylation sites (N-methyl/N-ethyl adjacent to an activating group) is 1. The molecule has 0 bridgehead atoms. The van der Waals surface area contributed by atoms with E-state index in [-0.39, 0.29) is 0 Å². The predicted octanol–water partition coefficient (Wildman–Crippen LogP) is 6.76. The summed E-state index contributed by atoms with van der Waals surface area (Å²) in [4.78, 5) is 6.88. The lowest BCUT2D eigenvalue weighted by Crippen LogP contribution is -2.22. The quantitative estimate of drug-likeness (QED) is 0.225. The van der Waals surface area contributed by atoms with E-state index in [1.54, 1.807) is 0 Å². The van der Waals surface area contributed by atoms with Crippen LogP contribution in [-0.4, -0.2) is 30.9 Å². The van der Waals surface area contributed by atoms with Gasteiger partial charge in [-0.1, -0.05) is 76.9 Å². The van der Waals surface area contributed by atoms with Gasteiger partial charge in [0.2, 0.25) is 0 Å². The average Bonchev–Trinajstić information content (AvgIpc) is 2.99. The van der Waals surface area contributed by atoms with E-state index in [0.717, 1.165) is 13.1 Å². The summed E-state index contributed by atoms with van der Waals surface area (Å²) in [5.41, 5.74) is 0. The van der Waals surface area contributed by atoms with E-state index >= 15 is 0 Å². The van der Waals surface area contributed by atoms with Crippen LogP contribution in [0.2, 0.25) is 0 Å². The Labute approximate surface area is 151 Å². The van der Waals surface area contributed by atoms with Crippen LogP contribution in [0.4, 0.5) is 0 Å². The molecule has 1 rings (SSSR count). The molecule has 0 amide bonds. The van der Waals surface area contributed by atoms with Gasteiger partial charge < -0.3 is 4.90 Å². The van der Waals surface area contributed by atoms with Gasteiger partial charge in [-0.05, 0) is 32.1 Å². The molecule has 0 aromatic rings. The van der Waals surface area contributed by atoms with Gasteiger partial charge in [0.25, 0.3) is 0 Å². The summed E-state index contributed by atoms with van der Waals surface area (Å²) >= 11 is 0. The Morgan fingerprint density at radius 3 is 1.88 bits per heavy atom. The van der Waals surface area contributed by atoms with E-state index in [1.807, 2.05) is 0 Å². The largest absolute Gasteiger partial charge is 0.362 e. The molecule has 24 heavy (non-hydrogen) atoms. The first-order valence-corrected chi connectivity index (χ1v) is 10.7. The van der Waals surface area contributed by atoms with Crippen molar-refractivity contribution in [2.24, 2.45) is 4.99 Å². The normalized spacial score (nSPS) is 14.8. The standard InChI is InChI=1S/C22H42N2/c1-3-4-5-6-7-8-9-10-11-12-13-14-15-16-17-18-19-22-23-20-21-24(22)2/h10-11H,3-9,12-21H2,1-2H3/b11-10-. The maximum Gasteiger partial charge on any atom is 0.0987 e. The average molecular weight is 335 g/mol. The third-order valence-electron chi connectivity index (χ3n) is 5.08. The van der Waals surface area contributed by atoms with Crippen LogP contribution in [0.15, 0.2) is 17.1 Å². The molecule has 0 saturated carbocycles. The Morgan fingerprint density at radius 1 is 0.792 bits per heavy atom. The lowest BCUT2D eigenvalue weighted by atomic mass is 10.1. The summed E-state index contributed by atoms with van der Waals surface area (Å²) in [6.07, 6.45) is 25.4. The van der Waals surface area contributed by atoms with Gasteiger partial charge in [-0.3, -0.25) is 4.99 Å². The van der Waals surface area contributed by atoms with E-state index < -0.39 is 0 Å². The van der Waals surface area contributed by atoms with Crippen LogP contribution in [0.3, 0.4) is 0 Å². The molecule has 0 atom stereocenters. The summed E-state index contributed by atoms with van der Waals surface area (Å²) < 4.78 is 0. The van der Waals surface area contributed by atoms with Crippen molar-refractivity contribution in [3.8, 4) is 0 Å². The molecule has 140 valence electrons. The van der Waals surface area contributed by atoms with E-state index in [0.29, 0.717) is 0 Å². The van der Waals surface area contributed by atoms with Crippen molar-refractivity contribution in [3.63, 3.8) is 0 Å². The van der Waals surface area contributed by atoms with Crippen molar-refractivity contribution < 1.29 is 0 Å². The highest BCUT2D eigenvalue weighted by molar-refractivity contribution is 5.83. The Balaban J connectivity index is 1.75. The maximum absolute atomic E-state index is 4.56. The summed E-state index contributed by atoms with van der Waals surface area (Å²) in [6.45, 7) is 4.42. The Hall–Kier alpha value is -0.790. The minimum absolute atomic E-state index is 1.01. The summed E-state index contributed by atoms with van der Waals surface area (Å²) in [7, 11) is 2.17. The van der Waals surface area contributed by atoms with Crippen molar-refractivity contribution in [2.45, 2.75) is 103 Å². The zero-order chi connectivity index (χ0) is 17.3. The fourth-order valence-corrected chi connectivity index (χ4v) is 3.38. The van der Waals surface area contributed by atoms with Gasteiger partial charge in [0.1, 0.15) is 0 Å². The summed E-state index contributed by atoms with van der Waals surface area (Å²) in [5.74, 6) is 1.34. The number of rotatable bonds is 16. The molecular formula is C22H42N2. The minimum Gasteiger partial charge on any atom is -0.362 e. The zero-order valence-corrected chi connectivity index (χ0v) is 16.6. The van der Waals surface area contributed by atoms with Gasteiger partial charge >= 0.3 is 0 Å². The molecule has 0 radical (unpaired) electrons. The van der Waals surface area contributed by atoms with Crippen molar-refractivity contribution in [1.82, 2.24) is 4.90 Å². The zero-order valence-electron chi connectivity index (χ0n) is 16.6. The van der Waals surface area contributed by atoms with Gasteiger partial charge in [-0.2, -0.15) is 0 Å². The Kier molecular flexibility index (Phi) is 13.9. The second-order valence-corrected chi connectivity index (χ2v) is 7.41. The Morgan fingerprint density at radius 2 is 1.33 bits per heavy atom. The highest BCUT2D eigenvalue weighted by Crippen LogP contribution is 2.12. The van der Waals surface area contributed by atoms with Gasteiger partial charge in [0.05, 0.1) is 12.4 Å². The molecule has 0 aliphatic carbocycles. The van der Waals surface area contributed by atoms with Crippen LogP contribution in [0.25, 0.3) is 0 Å². The van der Waals surface area contributed by atoms with Crippen molar-refractivity contribution in [1.29, 1.82) is 0 Å². The second-order valence-electron chi connectivity index (χ2n) is 7.41. The molecule has 0 N–H and O–H groups in total. The fourth-order valence-electron chi connectivity index (χ4n) is 3.38. The topological polar surface area (TPSA) is 15.6 Å². The van der Waals surface area contributed by atoms with Crippen molar-refractivity contribution in [2.75, 3.05) is 20.1 Å². The van der Waals surface area contributed by atoms with Gasteiger partial charge in [-0.25, -0.2) is 0 Å². The minimum atomic E-state index is 1.01. The number of amidine groups is 1. The first-order valence-electron chi connectivity index (χ1n) is 10.7. The number of nitrogens with zero attached hydrogens (tertiary/aromatic N) is 2. The molecule has 0 unspecified atom stereocenters. The highest BCUT2D eigenvalue weighted by atomic mass is 15.2. The van der Waals surface area contributed by atoms with Crippen molar-refractivity contribution in [3.05, 3.63) is 12.2 Å². The van der Waals surface area contributed by atoms with Crippen LogP contribution >= 0.6 is 0 Å². The summed E-state index contributed by atoms with van der Waals surface area (Å²) in [5, 5.41) is 0. The SMILES string of the molecule is CCCCCCCC/C=C\CCCCCCCCC1=NCCN1C. The molecule has 2 heteroatoms. The van der Waals surface area contributed by atoms with Gasteiger partial charge in [0.15, 0.2) is 0 Å². The molecule has 0 aromatic carbocycles. The predicted molar refractivity (Wildman–Crippen MR) is 109 cm³/mol. The Bertz CT molecular complexity index is 333. The second kappa shape index (κ2) is 15.7. The first-order chi connectivity index (χ1) is 11.8. The van der Waals surface area contributed by atoms with E-state index in [1.165, 1.54) is 102 Å². The lowest BCUT2D eigenvalue weighted by molar-refractivity contribution is 0.534. The molecule has 0 saturated heterocycles. The monoisotopic (exact) mass is 334 g/mol.